The molecule has 0 radical (unpaired) electrons. The maximum Gasteiger partial charge on any atom is 0.323 e. The van der Waals surface area contributed by atoms with Crippen LogP contribution in [0.25, 0.3) is 5.70 Å². The van der Waals surface area contributed by atoms with Crippen LogP contribution in [-0.4, -0.2) is 12.6 Å². The topological polar surface area (TPSA) is 53.2 Å². The molecule has 112 valence electrons. The first kappa shape index (κ1) is 14.5. The zero-order valence-electron chi connectivity index (χ0n) is 11.9. The molecule has 1 heterocycles. The predicted octanol–water partition coefficient (Wildman–Crippen LogP) is 4.32. The smallest absolute Gasteiger partial charge is 0.323 e. The van der Waals surface area contributed by atoms with Crippen LogP contribution in [0.2, 0.25) is 5.02 Å². The molecule has 2 aromatic carbocycles. The molecular formula is C17H16ClN3O. The molecule has 0 saturated heterocycles. The number of anilines is 2. The van der Waals surface area contributed by atoms with Crippen molar-refractivity contribution >= 4 is 34.7 Å². The SMILES string of the molecule is O=C(Nc1cccc(Cl)c1)Nc1cccc(C2=CCCN2)c1. The van der Waals surface area contributed by atoms with Crippen molar-refractivity contribution in [1.29, 1.82) is 0 Å². The van der Waals surface area contributed by atoms with Crippen LogP contribution in [-0.2, 0) is 0 Å². The Kier molecular flexibility index (Phi) is 4.30. The summed E-state index contributed by atoms with van der Waals surface area (Å²) < 4.78 is 0. The highest BCUT2D eigenvalue weighted by Crippen LogP contribution is 2.20. The second-order valence-electron chi connectivity index (χ2n) is 5.00. The Morgan fingerprint density at radius 2 is 1.77 bits per heavy atom. The van der Waals surface area contributed by atoms with E-state index in [0.717, 1.165) is 29.9 Å². The molecule has 0 aromatic heterocycles. The van der Waals surface area contributed by atoms with Crippen LogP contribution in [0.1, 0.15) is 12.0 Å². The standard InChI is InChI=1S/C17H16ClN3O/c18-13-5-2-7-15(11-13)21-17(22)20-14-6-1-4-12(10-14)16-8-3-9-19-16/h1-2,4-8,10-11,19H,3,9H2,(H2,20,21,22). The van der Waals surface area contributed by atoms with Crippen molar-refractivity contribution in [2.24, 2.45) is 0 Å². The van der Waals surface area contributed by atoms with Crippen LogP contribution in [0.5, 0.6) is 0 Å². The zero-order chi connectivity index (χ0) is 15.4. The van der Waals surface area contributed by atoms with Gasteiger partial charge < -0.3 is 16.0 Å². The number of hydrogen-bond donors (Lipinski definition) is 3. The highest BCUT2D eigenvalue weighted by molar-refractivity contribution is 6.30. The minimum absolute atomic E-state index is 0.298. The molecule has 0 saturated carbocycles. The molecular weight excluding hydrogens is 298 g/mol. The van der Waals surface area contributed by atoms with Gasteiger partial charge in [0.2, 0.25) is 0 Å². The largest absolute Gasteiger partial charge is 0.385 e. The Morgan fingerprint density at radius 1 is 1.05 bits per heavy atom. The number of carbonyl (C=O) groups excluding carboxylic acids is 1. The summed E-state index contributed by atoms with van der Waals surface area (Å²) in [5.41, 5.74) is 3.57. The molecule has 0 spiro atoms. The number of nitrogens with one attached hydrogen (secondary N) is 3. The van der Waals surface area contributed by atoms with Gasteiger partial charge in [-0.25, -0.2) is 4.79 Å². The molecule has 1 aliphatic heterocycles. The van der Waals surface area contributed by atoms with Gasteiger partial charge in [0.15, 0.2) is 0 Å². The first-order chi connectivity index (χ1) is 10.7. The second kappa shape index (κ2) is 6.54. The van der Waals surface area contributed by atoms with E-state index in [2.05, 4.69) is 22.0 Å². The minimum atomic E-state index is -0.298. The van der Waals surface area contributed by atoms with Crippen LogP contribution in [0.15, 0.2) is 54.6 Å². The van der Waals surface area contributed by atoms with Crippen LogP contribution in [0, 0.1) is 0 Å². The van der Waals surface area contributed by atoms with Gasteiger partial charge in [-0.1, -0.05) is 35.9 Å². The fourth-order valence-electron chi connectivity index (χ4n) is 2.34. The summed E-state index contributed by atoms with van der Waals surface area (Å²) in [6, 6.07) is 14.5. The van der Waals surface area contributed by atoms with Gasteiger partial charge in [-0.15, -0.1) is 0 Å². The number of benzene rings is 2. The number of amides is 2. The molecule has 0 bridgehead atoms. The summed E-state index contributed by atoms with van der Waals surface area (Å²) in [7, 11) is 0. The van der Waals surface area contributed by atoms with Crippen LogP contribution < -0.4 is 16.0 Å². The van der Waals surface area contributed by atoms with Gasteiger partial charge in [-0.05, 0) is 42.3 Å². The predicted molar refractivity (Wildman–Crippen MR) is 91.1 cm³/mol. The Hall–Kier alpha value is -2.46. The third-order valence-electron chi connectivity index (χ3n) is 3.32. The van der Waals surface area contributed by atoms with Gasteiger partial charge in [0.05, 0.1) is 0 Å². The Balaban J connectivity index is 1.67. The number of hydrogen-bond acceptors (Lipinski definition) is 2. The average Bonchev–Trinajstić information content (AvgIpc) is 3.01. The van der Waals surface area contributed by atoms with Crippen molar-refractivity contribution in [2.45, 2.75) is 6.42 Å². The molecule has 0 atom stereocenters. The van der Waals surface area contributed by atoms with E-state index >= 15 is 0 Å². The highest BCUT2D eigenvalue weighted by atomic mass is 35.5. The molecule has 2 aromatic rings. The molecule has 2 amide bonds. The lowest BCUT2D eigenvalue weighted by molar-refractivity contribution is 0.262. The van der Waals surface area contributed by atoms with Crippen LogP contribution >= 0.6 is 11.6 Å². The summed E-state index contributed by atoms with van der Waals surface area (Å²) in [6.45, 7) is 0.961. The van der Waals surface area contributed by atoms with Crippen LogP contribution in [0.4, 0.5) is 16.2 Å². The Bertz CT molecular complexity index is 727. The fourth-order valence-corrected chi connectivity index (χ4v) is 2.53. The first-order valence-electron chi connectivity index (χ1n) is 7.09. The van der Waals surface area contributed by atoms with Crippen molar-refractivity contribution in [3.63, 3.8) is 0 Å². The third kappa shape index (κ3) is 3.59. The molecule has 3 rings (SSSR count). The van der Waals surface area contributed by atoms with Gasteiger partial charge in [-0.3, -0.25) is 0 Å². The number of carbonyl (C=O) groups is 1. The van der Waals surface area contributed by atoms with E-state index in [1.807, 2.05) is 24.3 Å². The van der Waals surface area contributed by atoms with Crippen molar-refractivity contribution in [2.75, 3.05) is 17.2 Å². The van der Waals surface area contributed by atoms with E-state index in [0.29, 0.717) is 10.7 Å². The monoisotopic (exact) mass is 313 g/mol. The van der Waals surface area contributed by atoms with E-state index in [4.69, 9.17) is 11.6 Å². The molecule has 0 fully saturated rings. The van der Waals surface area contributed by atoms with Crippen LogP contribution in [0.3, 0.4) is 0 Å². The van der Waals surface area contributed by atoms with Gasteiger partial charge in [0, 0.05) is 28.6 Å². The highest BCUT2D eigenvalue weighted by Gasteiger charge is 2.08. The lowest BCUT2D eigenvalue weighted by Gasteiger charge is -2.10. The molecule has 1 aliphatic rings. The van der Waals surface area contributed by atoms with Gasteiger partial charge in [0.1, 0.15) is 0 Å². The maximum absolute atomic E-state index is 12.0. The summed E-state index contributed by atoms with van der Waals surface area (Å²) in [5.74, 6) is 0. The fraction of sp³-hybridized carbons (Fsp3) is 0.118. The normalized spacial score (nSPS) is 13.2. The van der Waals surface area contributed by atoms with Gasteiger partial charge >= 0.3 is 6.03 Å². The molecule has 0 unspecified atom stereocenters. The third-order valence-corrected chi connectivity index (χ3v) is 3.56. The minimum Gasteiger partial charge on any atom is -0.385 e. The number of halogens is 1. The molecule has 22 heavy (non-hydrogen) atoms. The van der Waals surface area contributed by atoms with E-state index in [9.17, 15) is 4.79 Å². The zero-order valence-corrected chi connectivity index (χ0v) is 12.7. The van der Waals surface area contributed by atoms with E-state index in [1.165, 1.54) is 0 Å². The molecule has 3 N–H and O–H groups in total. The van der Waals surface area contributed by atoms with Gasteiger partial charge in [0.25, 0.3) is 0 Å². The maximum atomic E-state index is 12.0. The van der Waals surface area contributed by atoms with E-state index < -0.39 is 0 Å². The van der Waals surface area contributed by atoms with Crippen molar-refractivity contribution in [1.82, 2.24) is 5.32 Å². The summed E-state index contributed by atoms with van der Waals surface area (Å²) in [4.78, 5) is 12.0. The molecule has 5 heteroatoms. The lowest BCUT2D eigenvalue weighted by Crippen LogP contribution is -2.19. The summed E-state index contributed by atoms with van der Waals surface area (Å²) >= 11 is 5.90. The number of rotatable bonds is 3. The Morgan fingerprint density at radius 3 is 2.45 bits per heavy atom. The summed E-state index contributed by atoms with van der Waals surface area (Å²) in [6.07, 6.45) is 3.19. The second-order valence-corrected chi connectivity index (χ2v) is 5.44. The Labute approximate surface area is 134 Å². The van der Waals surface area contributed by atoms with E-state index in [1.54, 1.807) is 24.3 Å². The lowest BCUT2D eigenvalue weighted by atomic mass is 10.1. The quantitative estimate of drug-likeness (QED) is 0.790. The van der Waals surface area contributed by atoms with Crippen molar-refractivity contribution in [3.05, 3.63) is 65.2 Å². The first-order valence-corrected chi connectivity index (χ1v) is 7.46. The summed E-state index contributed by atoms with van der Waals surface area (Å²) in [5, 5.41) is 9.48. The molecule has 0 aliphatic carbocycles. The van der Waals surface area contributed by atoms with Crippen molar-refractivity contribution < 1.29 is 4.79 Å². The van der Waals surface area contributed by atoms with E-state index in [-0.39, 0.29) is 6.03 Å². The van der Waals surface area contributed by atoms with Gasteiger partial charge in [-0.2, -0.15) is 0 Å². The van der Waals surface area contributed by atoms with Crippen molar-refractivity contribution in [3.8, 4) is 0 Å². The molecule has 4 nitrogen and oxygen atoms in total. The number of urea groups is 1. The average molecular weight is 314 g/mol.